The molecule has 7 nitrogen and oxygen atoms in total. The van der Waals surface area contributed by atoms with Gasteiger partial charge >= 0.3 is 0 Å². The molecule has 3 aliphatic rings. The van der Waals surface area contributed by atoms with Crippen molar-refractivity contribution in [1.82, 2.24) is 19.7 Å². The van der Waals surface area contributed by atoms with Gasteiger partial charge in [-0.15, -0.1) is 11.3 Å². The van der Waals surface area contributed by atoms with Gasteiger partial charge < -0.3 is 10.2 Å². The lowest BCUT2D eigenvalue weighted by Crippen LogP contribution is -2.31. The normalized spacial score (nSPS) is 22.7. The van der Waals surface area contributed by atoms with Crippen LogP contribution >= 0.6 is 22.9 Å². The minimum atomic E-state index is -0.326. The van der Waals surface area contributed by atoms with Gasteiger partial charge in [0.05, 0.1) is 22.1 Å². The van der Waals surface area contributed by atoms with E-state index in [-0.39, 0.29) is 17.9 Å². The Bertz CT molecular complexity index is 1370. The summed E-state index contributed by atoms with van der Waals surface area (Å²) in [6.07, 6.45) is 7.07. The molecule has 184 valence electrons. The molecule has 0 bridgehead atoms. The zero-order chi connectivity index (χ0) is 24.8. The average molecular weight is 520 g/mol. The molecular weight excluding hydrogens is 494 g/mol. The van der Waals surface area contributed by atoms with E-state index in [2.05, 4.69) is 32.1 Å². The van der Waals surface area contributed by atoms with Crippen LogP contribution in [0.2, 0.25) is 5.02 Å². The summed E-state index contributed by atoms with van der Waals surface area (Å²) >= 11 is 8.02. The number of nitrogens with zero attached hydrogens (tertiary/aromatic N) is 4. The molecule has 1 saturated heterocycles. The number of aryl methyl sites for hydroxylation is 1. The number of hydrogen-bond acceptors (Lipinski definition) is 5. The summed E-state index contributed by atoms with van der Waals surface area (Å²) in [6, 6.07) is 5.95. The zero-order valence-corrected chi connectivity index (χ0v) is 21.5. The third-order valence-electron chi connectivity index (χ3n) is 7.44. The maximum atomic E-state index is 13.3. The van der Waals surface area contributed by atoms with Crippen molar-refractivity contribution >= 4 is 40.6 Å². The van der Waals surface area contributed by atoms with Crippen LogP contribution in [-0.4, -0.2) is 44.6 Å². The molecule has 4 heterocycles. The van der Waals surface area contributed by atoms with Crippen LogP contribution in [0, 0.1) is 36.5 Å². The molecule has 0 spiro atoms. The van der Waals surface area contributed by atoms with E-state index in [1.54, 1.807) is 22.2 Å². The van der Waals surface area contributed by atoms with Crippen molar-refractivity contribution in [3.05, 3.63) is 62.7 Å². The molecule has 2 saturated carbocycles. The molecular formula is C27H26ClN5O2S. The number of likely N-dealkylation sites (tertiary alicyclic amines) is 1. The van der Waals surface area contributed by atoms with Gasteiger partial charge in [0.15, 0.2) is 0 Å². The lowest BCUT2D eigenvalue weighted by atomic mass is 10.0. The molecule has 6 rings (SSSR count). The molecule has 0 radical (unpaired) electrons. The van der Waals surface area contributed by atoms with Crippen LogP contribution in [0.3, 0.4) is 0 Å². The number of amides is 2. The van der Waals surface area contributed by atoms with Crippen LogP contribution in [0.4, 0.5) is 5.82 Å². The summed E-state index contributed by atoms with van der Waals surface area (Å²) in [5, 5.41) is 9.70. The molecule has 9 heteroatoms. The first-order chi connectivity index (χ1) is 17.5. The molecule has 36 heavy (non-hydrogen) atoms. The van der Waals surface area contributed by atoms with Crippen molar-refractivity contribution in [1.29, 1.82) is 0 Å². The number of hydrogen-bond donors (Lipinski definition) is 1. The summed E-state index contributed by atoms with van der Waals surface area (Å²) in [4.78, 5) is 33.2. The van der Waals surface area contributed by atoms with E-state index in [1.807, 2.05) is 30.5 Å². The van der Waals surface area contributed by atoms with E-state index in [9.17, 15) is 9.59 Å². The van der Waals surface area contributed by atoms with Crippen molar-refractivity contribution in [2.75, 3.05) is 18.4 Å². The molecule has 3 aromatic heterocycles. The fourth-order valence-electron chi connectivity index (χ4n) is 5.49. The number of halogens is 1. The van der Waals surface area contributed by atoms with E-state index in [4.69, 9.17) is 11.6 Å². The molecule has 3 aromatic rings. The van der Waals surface area contributed by atoms with Gasteiger partial charge in [-0.25, -0.2) is 4.98 Å². The van der Waals surface area contributed by atoms with Crippen molar-refractivity contribution in [3.63, 3.8) is 0 Å². The number of carbonyl (C=O) groups excluding carboxylic acids is 2. The van der Waals surface area contributed by atoms with Gasteiger partial charge in [0.1, 0.15) is 11.5 Å². The molecule has 1 unspecified atom stereocenters. The molecule has 1 aliphatic heterocycles. The number of anilines is 1. The Kier molecular flexibility index (Phi) is 6.06. The number of fused-ring (bicyclic) bond motifs is 1. The maximum absolute atomic E-state index is 13.3. The molecule has 0 aromatic carbocycles. The van der Waals surface area contributed by atoms with E-state index in [1.165, 1.54) is 6.20 Å². The highest BCUT2D eigenvalue weighted by atomic mass is 35.5. The van der Waals surface area contributed by atoms with Crippen molar-refractivity contribution < 1.29 is 9.59 Å². The van der Waals surface area contributed by atoms with Crippen LogP contribution in [-0.2, 0) is 4.79 Å². The quantitative estimate of drug-likeness (QED) is 0.503. The highest BCUT2D eigenvalue weighted by molar-refractivity contribution is 7.10. The van der Waals surface area contributed by atoms with Gasteiger partial charge in [0.25, 0.3) is 5.91 Å². The van der Waals surface area contributed by atoms with Gasteiger partial charge in [-0.1, -0.05) is 29.5 Å². The summed E-state index contributed by atoms with van der Waals surface area (Å²) in [5.74, 6) is 7.87. The van der Waals surface area contributed by atoms with Gasteiger partial charge in [0.2, 0.25) is 5.91 Å². The first-order valence-corrected chi connectivity index (χ1v) is 13.6. The molecule has 1 N–H and O–H groups in total. The fraction of sp³-hybridized carbons (Fsp3) is 0.407. The smallest absolute Gasteiger partial charge is 0.276 e. The van der Waals surface area contributed by atoms with Crippen LogP contribution in [0.1, 0.15) is 58.2 Å². The van der Waals surface area contributed by atoms with Crippen molar-refractivity contribution in [2.24, 2.45) is 17.8 Å². The number of thiophene rings is 1. The van der Waals surface area contributed by atoms with Gasteiger partial charge in [-0.2, -0.15) is 5.10 Å². The zero-order valence-electron chi connectivity index (χ0n) is 19.9. The molecule has 2 aliphatic carbocycles. The van der Waals surface area contributed by atoms with Gasteiger partial charge in [-0.3, -0.25) is 14.3 Å². The van der Waals surface area contributed by atoms with Crippen molar-refractivity contribution in [3.8, 4) is 11.8 Å². The predicted molar refractivity (Wildman–Crippen MR) is 139 cm³/mol. The lowest BCUT2D eigenvalue weighted by molar-refractivity contribution is -0.131. The Morgan fingerprint density at radius 1 is 1.17 bits per heavy atom. The summed E-state index contributed by atoms with van der Waals surface area (Å²) in [6.45, 7) is 3.53. The Morgan fingerprint density at radius 3 is 2.61 bits per heavy atom. The Labute approximate surface area is 218 Å². The highest BCUT2D eigenvalue weighted by Crippen LogP contribution is 2.46. The van der Waals surface area contributed by atoms with E-state index in [0.717, 1.165) is 54.8 Å². The van der Waals surface area contributed by atoms with E-state index in [0.29, 0.717) is 34.3 Å². The summed E-state index contributed by atoms with van der Waals surface area (Å²) in [5.41, 5.74) is 1.96. The third kappa shape index (κ3) is 4.54. The summed E-state index contributed by atoms with van der Waals surface area (Å²) < 4.78 is 1.78. The number of nitrogens with one attached hydrogen (secondary N) is 1. The maximum Gasteiger partial charge on any atom is 0.276 e. The Hall–Kier alpha value is -3.15. The minimum Gasteiger partial charge on any atom is -0.342 e. The summed E-state index contributed by atoms with van der Waals surface area (Å²) in [7, 11) is 0. The lowest BCUT2D eigenvalue weighted by Gasteiger charge is -2.20. The van der Waals surface area contributed by atoms with Gasteiger partial charge in [-0.05, 0) is 67.5 Å². The van der Waals surface area contributed by atoms with Crippen LogP contribution in [0.5, 0.6) is 0 Å². The second-order valence-corrected chi connectivity index (χ2v) is 11.4. The topological polar surface area (TPSA) is 80.1 Å². The fourth-order valence-corrected chi connectivity index (χ4v) is 6.28. The Balaban J connectivity index is 1.14. The van der Waals surface area contributed by atoms with Crippen LogP contribution in [0.15, 0.2) is 36.0 Å². The molecule has 2 amide bonds. The highest BCUT2D eigenvalue weighted by Gasteiger charge is 2.46. The number of carbonyl (C=O) groups is 2. The monoisotopic (exact) mass is 519 g/mol. The van der Waals surface area contributed by atoms with Crippen LogP contribution in [0.25, 0.3) is 0 Å². The molecule has 3 atom stereocenters. The number of pyridine rings is 1. The SMILES string of the molecule is Cc1cc(C#Cc2cccs2)cnc1NC(=O)c1c(Cl)cnn1C1C[C@@H]2CN(C(=O)C3CC3)C[C@@H]2C1. The number of rotatable bonds is 4. The standard InChI is InChI=1S/C27H26ClN5O2S/c1-16-9-17(4-7-22-3-2-8-36-22)12-29-25(16)31-26(34)24-23(28)13-30-33(24)21-10-19-14-32(15-20(19)11-21)27(35)18-5-6-18/h2-3,8-9,12-13,18-21H,5-6,10-11,14-15H2,1H3,(H,29,31,34)/t19-,20+,21?. The average Bonchev–Trinajstić information content (AvgIpc) is 3.18. The Morgan fingerprint density at radius 2 is 1.94 bits per heavy atom. The van der Waals surface area contributed by atoms with E-state index >= 15 is 0 Å². The number of aromatic nitrogens is 3. The van der Waals surface area contributed by atoms with Crippen LogP contribution < -0.4 is 5.32 Å². The first kappa shape index (κ1) is 23.3. The second kappa shape index (κ2) is 9.38. The van der Waals surface area contributed by atoms with Gasteiger partial charge in [0, 0.05) is 30.8 Å². The van der Waals surface area contributed by atoms with Crippen molar-refractivity contribution in [2.45, 2.75) is 38.6 Å². The minimum absolute atomic E-state index is 0.0929. The van der Waals surface area contributed by atoms with E-state index < -0.39 is 0 Å². The largest absolute Gasteiger partial charge is 0.342 e. The second-order valence-electron chi connectivity index (χ2n) is 10.0. The third-order valence-corrected chi connectivity index (χ3v) is 8.50. The predicted octanol–water partition coefficient (Wildman–Crippen LogP) is 4.77. The molecule has 3 fully saturated rings. The first-order valence-electron chi connectivity index (χ1n) is 12.3.